The largest absolute Gasteiger partial charge is 0.321 e. The summed E-state index contributed by atoms with van der Waals surface area (Å²) in [5.41, 5.74) is 0. The third-order valence-electron chi connectivity index (χ3n) is 5.37. The van der Waals surface area contributed by atoms with Gasteiger partial charge in [0, 0.05) is 45.2 Å². The second kappa shape index (κ2) is 6.44. The number of aryl methyl sites for hydroxylation is 1. The number of fused-ring (bicyclic) bond motifs is 2. The molecule has 1 aromatic heterocycles. The molecule has 118 valence electrons. The summed E-state index contributed by atoms with van der Waals surface area (Å²) in [5.74, 6) is 2.74. The van der Waals surface area contributed by atoms with Crippen LogP contribution in [0.5, 0.6) is 0 Å². The number of aromatic nitrogens is 3. The van der Waals surface area contributed by atoms with Crippen molar-refractivity contribution in [2.45, 2.75) is 51.6 Å². The number of nitrogens with zero attached hydrogens (tertiary/aromatic N) is 4. The second-order valence-corrected chi connectivity index (χ2v) is 7.09. The molecule has 0 spiro atoms. The van der Waals surface area contributed by atoms with E-state index in [1.807, 2.05) is 11.6 Å². The molecule has 21 heavy (non-hydrogen) atoms. The molecule has 1 aromatic rings. The summed E-state index contributed by atoms with van der Waals surface area (Å²) >= 11 is 0. The third-order valence-corrected chi connectivity index (χ3v) is 5.37. The average molecular weight is 291 g/mol. The van der Waals surface area contributed by atoms with Crippen LogP contribution in [0.25, 0.3) is 0 Å². The third kappa shape index (κ3) is 3.29. The molecule has 1 saturated heterocycles. The summed E-state index contributed by atoms with van der Waals surface area (Å²) in [5, 5.41) is 12.0. The quantitative estimate of drug-likeness (QED) is 0.892. The smallest absolute Gasteiger partial charge is 0.133 e. The highest BCUT2D eigenvalue weighted by atomic mass is 15.2. The predicted octanol–water partition coefficient (Wildman–Crippen LogP) is 1.46. The molecular weight excluding hydrogens is 262 g/mol. The highest BCUT2D eigenvalue weighted by molar-refractivity contribution is 4.96. The molecule has 3 rings (SSSR count). The lowest BCUT2D eigenvalue weighted by Gasteiger charge is -2.49. The Balaban J connectivity index is 1.54. The first-order valence-electron chi connectivity index (χ1n) is 8.45. The van der Waals surface area contributed by atoms with E-state index in [0.29, 0.717) is 12.1 Å². The zero-order valence-corrected chi connectivity index (χ0v) is 13.6. The Labute approximate surface area is 128 Å². The molecule has 1 saturated carbocycles. The van der Waals surface area contributed by atoms with Crippen molar-refractivity contribution in [3.8, 4) is 0 Å². The lowest BCUT2D eigenvalue weighted by molar-refractivity contribution is 0.0299. The molecule has 2 fully saturated rings. The molecule has 2 aliphatic rings. The van der Waals surface area contributed by atoms with Crippen LogP contribution >= 0.6 is 0 Å². The van der Waals surface area contributed by atoms with Gasteiger partial charge in [-0.05, 0) is 38.5 Å². The minimum Gasteiger partial charge on any atom is -0.321 e. The van der Waals surface area contributed by atoms with Gasteiger partial charge in [-0.3, -0.25) is 0 Å². The first-order valence-corrected chi connectivity index (χ1v) is 8.45. The number of likely N-dealkylation sites (tertiary alicyclic amines) is 1. The van der Waals surface area contributed by atoms with Crippen LogP contribution in [0.15, 0.2) is 6.33 Å². The minimum absolute atomic E-state index is 0.688. The monoisotopic (exact) mass is 291 g/mol. The molecule has 1 N–H and O–H groups in total. The first kappa shape index (κ1) is 15.0. The van der Waals surface area contributed by atoms with Gasteiger partial charge in [0.25, 0.3) is 0 Å². The molecule has 0 radical (unpaired) electrons. The van der Waals surface area contributed by atoms with Crippen molar-refractivity contribution in [2.24, 2.45) is 18.9 Å². The molecule has 5 heteroatoms. The van der Waals surface area contributed by atoms with E-state index in [2.05, 4.69) is 34.3 Å². The summed E-state index contributed by atoms with van der Waals surface area (Å²) < 4.78 is 2.02. The molecule has 1 aliphatic heterocycles. The number of piperidine rings is 1. The van der Waals surface area contributed by atoms with Crippen molar-refractivity contribution in [3.63, 3.8) is 0 Å². The van der Waals surface area contributed by atoms with Gasteiger partial charge in [0.05, 0.1) is 0 Å². The summed E-state index contributed by atoms with van der Waals surface area (Å²) in [4.78, 5) is 2.68. The number of rotatable bonds is 5. The standard InChI is InChI=1S/C16H29N5/c1-12(2)21-9-13-5-4-6-14(10-21)16(13)17-8-7-15-19-18-11-20(15)3/h11-14,16-17H,4-10H2,1-3H3. The van der Waals surface area contributed by atoms with Gasteiger partial charge in [0.1, 0.15) is 12.2 Å². The van der Waals surface area contributed by atoms with Crippen LogP contribution in [0, 0.1) is 11.8 Å². The Kier molecular flexibility index (Phi) is 4.60. The number of nitrogens with one attached hydrogen (secondary N) is 1. The van der Waals surface area contributed by atoms with Crippen LogP contribution in [0.1, 0.15) is 38.9 Å². The van der Waals surface area contributed by atoms with Gasteiger partial charge in [-0.2, -0.15) is 0 Å². The van der Waals surface area contributed by atoms with Gasteiger partial charge in [-0.15, -0.1) is 10.2 Å². The maximum Gasteiger partial charge on any atom is 0.133 e. The van der Waals surface area contributed by atoms with E-state index < -0.39 is 0 Å². The number of hydrogen-bond acceptors (Lipinski definition) is 4. The van der Waals surface area contributed by atoms with Gasteiger partial charge in [0.15, 0.2) is 0 Å². The van der Waals surface area contributed by atoms with E-state index in [-0.39, 0.29) is 0 Å². The Morgan fingerprint density at radius 1 is 1.29 bits per heavy atom. The average Bonchev–Trinajstić information content (AvgIpc) is 2.83. The van der Waals surface area contributed by atoms with Crippen LogP contribution in [-0.2, 0) is 13.5 Å². The molecule has 2 atom stereocenters. The van der Waals surface area contributed by atoms with Crippen LogP contribution in [-0.4, -0.2) is 51.4 Å². The Morgan fingerprint density at radius 2 is 2.00 bits per heavy atom. The summed E-state index contributed by atoms with van der Waals surface area (Å²) in [6, 6.07) is 1.40. The summed E-state index contributed by atoms with van der Waals surface area (Å²) in [7, 11) is 2.02. The molecular formula is C16H29N5. The normalized spacial score (nSPS) is 30.0. The van der Waals surface area contributed by atoms with Gasteiger partial charge < -0.3 is 14.8 Å². The summed E-state index contributed by atoms with van der Waals surface area (Å²) in [6.07, 6.45) is 6.96. The predicted molar refractivity (Wildman–Crippen MR) is 84.0 cm³/mol. The van der Waals surface area contributed by atoms with Crippen molar-refractivity contribution in [1.29, 1.82) is 0 Å². The van der Waals surface area contributed by atoms with Crippen LogP contribution in [0.2, 0.25) is 0 Å². The fraction of sp³-hybridized carbons (Fsp3) is 0.875. The van der Waals surface area contributed by atoms with E-state index >= 15 is 0 Å². The van der Waals surface area contributed by atoms with E-state index in [1.165, 1.54) is 32.4 Å². The maximum atomic E-state index is 4.17. The maximum absolute atomic E-state index is 4.17. The topological polar surface area (TPSA) is 46.0 Å². The fourth-order valence-electron chi connectivity index (χ4n) is 4.11. The van der Waals surface area contributed by atoms with E-state index in [4.69, 9.17) is 0 Å². The van der Waals surface area contributed by atoms with E-state index in [0.717, 1.165) is 30.6 Å². The van der Waals surface area contributed by atoms with Crippen LogP contribution < -0.4 is 5.32 Å². The van der Waals surface area contributed by atoms with Crippen molar-refractivity contribution >= 4 is 0 Å². The van der Waals surface area contributed by atoms with E-state index in [9.17, 15) is 0 Å². The van der Waals surface area contributed by atoms with Gasteiger partial charge in [-0.25, -0.2) is 0 Å². The van der Waals surface area contributed by atoms with Crippen molar-refractivity contribution in [3.05, 3.63) is 12.2 Å². The van der Waals surface area contributed by atoms with Gasteiger partial charge in [-0.1, -0.05) is 6.42 Å². The SMILES string of the molecule is CC(C)N1CC2CCCC(C1)C2NCCc1nncn1C. The lowest BCUT2D eigenvalue weighted by Crippen LogP contribution is -2.58. The summed E-state index contributed by atoms with van der Waals surface area (Å²) in [6.45, 7) is 8.23. The van der Waals surface area contributed by atoms with Crippen LogP contribution in [0.3, 0.4) is 0 Å². The molecule has 0 aromatic carbocycles. The molecule has 0 amide bonds. The Morgan fingerprint density at radius 3 is 2.57 bits per heavy atom. The lowest BCUT2D eigenvalue weighted by atomic mass is 9.73. The zero-order valence-electron chi connectivity index (χ0n) is 13.6. The number of hydrogen-bond donors (Lipinski definition) is 1. The molecule has 5 nitrogen and oxygen atoms in total. The van der Waals surface area contributed by atoms with Gasteiger partial charge >= 0.3 is 0 Å². The molecule has 2 heterocycles. The van der Waals surface area contributed by atoms with Crippen LogP contribution in [0.4, 0.5) is 0 Å². The Hall–Kier alpha value is -0.940. The Bertz CT molecular complexity index is 441. The molecule has 2 bridgehead atoms. The zero-order chi connectivity index (χ0) is 14.8. The van der Waals surface area contributed by atoms with E-state index in [1.54, 1.807) is 6.33 Å². The van der Waals surface area contributed by atoms with Crippen molar-refractivity contribution < 1.29 is 0 Å². The first-order chi connectivity index (χ1) is 10.1. The van der Waals surface area contributed by atoms with Crippen molar-refractivity contribution in [2.75, 3.05) is 19.6 Å². The second-order valence-electron chi connectivity index (χ2n) is 7.09. The molecule has 1 aliphatic carbocycles. The highest BCUT2D eigenvalue weighted by Crippen LogP contribution is 2.35. The molecule has 2 unspecified atom stereocenters. The van der Waals surface area contributed by atoms with Gasteiger partial charge in [0.2, 0.25) is 0 Å². The minimum atomic E-state index is 0.688. The highest BCUT2D eigenvalue weighted by Gasteiger charge is 2.39. The van der Waals surface area contributed by atoms with Crippen molar-refractivity contribution in [1.82, 2.24) is 25.0 Å². The fourth-order valence-corrected chi connectivity index (χ4v) is 4.11.